The van der Waals surface area contributed by atoms with E-state index in [0.717, 1.165) is 0 Å². The predicted molar refractivity (Wildman–Crippen MR) is 63.5 cm³/mol. The Morgan fingerprint density at radius 1 is 1.33 bits per heavy atom. The highest BCUT2D eigenvalue weighted by Crippen LogP contribution is 2.13. The summed E-state index contributed by atoms with van der Waals surface area (Å²) in [7, 11) is 0. The molecule has 18 heavy (non-hydrogen) atoms. The van der Waals surface area contributed by atoms with Crippen LogP contribution >= 0.6 is 0 Å². The van der Waals surface area contributed by atoms with Crippen LogP contribution in [0.15, 0.2) is 4.52 Å². The van der Waals surface area contributed by atoms with Gasteiger partial charge in [0.05, 0.1) is 6.54 Å². The summed E-state index contributed by atoms with van der Waals surface area (Å²) >= 11 is 0. The third-order valence-electron chi connectivity index (χ3n) is 2.35. The van der Waals surface area contributed by atoms with Gasteiger partial charge in [-0.05, 0) is 13.3 Å². The Labute approximate surface area is 105 Å². The number of nitrogens with zero attached hydrogens (tertiary/aromatic N) is 2. The summed E-state index contributed by atoms with van der Waals surface area (Å²) < 4.78 is 5.00. The van der Waals surface area contributed by atoms with E-state index in [4.69, 9.17) is 4.52 Å². The van der Waals surface area contributed by atoms with Gasteiger partial charge in [-0.25, -0.2) is 0 Å². The summed E-state index contributed by atoms with van der Waals surface area (Å²) in [6.07, 6.45) is 0.989. The Hall–Kier alpha value is -1.92. The van der Waals surface area contributed by atoms with E-state index in [1.54, 1.807) is 13.8 Å². The largest absolute Gasteiger partial charge is 0.347 e. The summed E-state index contributed by atoms with van der Waals surface area (Å²) in [5.74, 6) is 0.466. The first-order valence-corrected chi connectivity index (χ1v) is 5.93. The monoisotopic (exact) mass is 254 g/mol. The number of carbonyl (C=O) groups is 2. The van der Waals surface area contributed by atoms with Crippen molar-refractivity contribution in [1.29, 1.82) is 0 Å². The number of aromatic nitrogens is 2. The second-order valence-electron chi connectivity index (χ2n) is 3.84. The first kappa shape index (κ1) is 14.1. The summed E-state index contributed by atoms with van der Waals surface area (Å²) in [5.41, 5.74) is 0. The van der Waals surface area contributed by atoms with Gasteiger partial charge in [0.1, 0.15) is 6.04 Å². The smallest absolute Gasteiger partial charge is 0.249 e. The van der Waals surface area contributed by atoms with Gasteiger partial charge in [0.2, 0.25) is 17.7 Å². The number of carbonyl (C=O) groups excluding carboxylic acids is 2. The molecule has 0 radical (unpaired) electrons. The van der Waals surface area contributed by atoms with Gasteiger partial charge in [0.25, 0.3) is 0 Å². The molecule has 2 amide bonds. The zero-order valence-electron chi connectivity index (χ0n) is 10.8. The van der Waals surface area contributed by atoms with E-state index in [1.807, 2.05) is 6.92 Å². The fraction of sp³-hybridized carbons (Fsp3) is 0.636. The first-order chi connectivity index (χ1) is 8.56. The quantitative estimate of drug-likeness (QED) is 0.769. The molecule has 1 heterocycles. The van der Waals surface area contributed by atoms with Crippen LogP contribution in [0, 0.1) is 6.92 Å². The fourth-order valence-corrected chi connectivity index (χ4v) is 1.34. The van der Waals surface area contributed by atoms with E-state index >= 15 is 0 Å². The van der Waals surface area contributed by atoms with E-state index in [-0.39, 0.29) is 24.4 Å². The SMILES string of the molecule is CCC(=O)NCC(=O)N[C@@H](CC)c1nc(C)no1. The minimum absolute atomic E-state index is 0.0453. The second-order valence-corrected chi connectivity index (χ2v) is 3.84. The molecule has 0 unspecified atom stereocenters. The van der Waals surface area contributed by atoms with Gasteiger partial charge >= 0.3 is 0 Å². The summed E-state index contributed by atoms with van der Waals surface area (Å²) in [6, 6.07) is -0.322. The van der Waals surface area contributed by atoms with E-state index in [0.29, 0.717) is 24.6 Å². The van der Waals surface area contributed by atoms with Crippen molar-refractivity contribution >= 4 is 11.8 Å². The van der Waals surface area contributed by atoms with Gasteiger partial charge in [-0.3, -0.25) is 9.59 Å². The van der Waals surface area contributed by atoms with Crippen molar-refractivity contribution in [3.63, 3.8) is 0 Å². The van der Waals surface area contributed by atoms with Crippen LogP contribution in [0.5, 0.6) is 0 Å². The standard InChI is InChI=1S/C11H18N4O3/c1-4-8(11-13-7(3)15-18-11)14-10(17)6-12-9(16)5-2/h8H,4-6H2,1-3H3,(H,12,16)(H,14,17)/t8-/m0/s1. The van der Waals surface area contributed by atoms with Crippen LogP contribution in [0.2, 0.25) is 0 Å². The van der Waals surface area contributed by atoms with E-state index in [2.05, 4.69) is 20.8 Å². The molecule has 0 bridgehead atoms. The molecule has 1 aromatic rings. The van der Waals surface area contributed by atoms with Crippen molar-refractivity contribution in [2.75, 3.05) is 6.54 Å². The number of hydrogen-bond donors (Lipinski definition) is 2. The lowest BCUT2D eigenvalue weighted by Crippen LogP contribution is -2.38. The van der Waals surface area contributed by atoms with Gasteiger partial charge in [0, 0.05) is 6.42 Å². The molecule has 0 fully saturated rings. The molecular weight excluding hydrogens is 236 g/mol. The predicted octanol–water partition coefficient (Wildman–Crippen LogP) is 0.472. The Bertz CT molecular complexity index is 416. The van der Waals surface area contributed by atoms with Crippen molar-refractivity contribution in [1.82, 2.24) is 20.8 Å². The van der Waals surface area contributed by atoms with Crippen LogP contribution in [0.1, 0.15) is 44.4 Å². The Balaban J connectivity index is 2.48. The molecule has 2 N–H and O–H groups in total. The van der Waals surface area contributed by atoms with Crippen molar-refractivity contribution in [2.24, 2.45) is 0 Å². The third kappa shape index (κ3) is 4.15. The zero-order chi connectivity index (χ0) is 13.5. The normalized spacial score (nSPS) is 11.9. The van der Waals surface area contributed by atoms with Crippen LogP contribution in [-0.4, -0.2) is 28.5 Å². The van der Waals surface area contributed by atoms with Crippen molar-refractivity contribution < 1.29 is 14.1 Å². The first-order valence-electron chi connectivity index (χ1n) is 5.93. The molecule has 1 aromatic heterocycles. The average Bonchev–Trinajstić information content (AvgIpc) is 2.79. The minimum atomic E-state index is -0.322. The van der Waals surface area contributed by atoms with Crippen molar-refractivity contribution in [3.8, 4) is 0 Å². The molecule has 0 aromatic carbocycles. The van der Waals surface area contributed by atoms with Crippen molar-refractivity contribution in [3.05, 3.63) is 11.7 Å². The molecule has 7 nitrogen and oxygen atoms in total. The molecule has 1 rings (SSSR count). The number of hydrogen-bond acceptors (Lipinski definition) is 5. The molecule has 1 atom stereocenters. The molecule has 0 aliphatic rings. The second kappa shape index (κ2) is 6.73. The topological polar surface area (TPSA) is 97.1 Å². The maximum atomic E-state index is 11.6. The lowest BCUT2D eigenvalue weighted by atomic mass is 10.2. The van der Waals surface area contributed by atoms with Gasteiger partial charge < -0.3 is 15.2 Å². The zero-order valence-corrected chi connectivity index (χ0v) is 10.8. The number of amides is 2. The molecular formula is C11H18N4O3. The molecule has 0 saturated carbocycles. The number of rotatable bonds is 6. The van der Waals surface area contributed by atoms with Gasteiger partial charge in [0.15, 0.2) is 5.82 Å². The average molecular weight is 254 g/mol. The van der Waals surface area contributed by atoms with Gasteiger partial charge in [-0.2, -0.15) is 4.98 Å². The summed E-state index contributed by atoms with van der Waals surface area (Å²) in [5, 5.41) is 8.90. The molecule has 0 saturated heterocycles. The fourth-order valence-electron chi connectivity index (χ4n) is 1.34. The molecule has 0 aliphatic carbocycles. The highest BCUT2D eigenvalue weighted by molar-refractivity contribution is 5.84. The maximum Gasteiger partial charge on any atom is 0.249 e. The minimum Gasteiger partial charge on any atom is -0.347 e. The Morgan fingerprint density at radius 3 is 2.56 bits per heavy atom. The summed E-state index contributed by atoms with van der Waals surface area (Å²) in [6.45, 7) is 5.29. The highest BCUT2D eigenvalue weighted by Gasteiger charge is 2.18. The molecule has 0 aliphatic heterocycles. The molecule has 100 valence electrons. The van der Waals surface area contributed by atoms with Crippen molar-refractivity contribution in [2.45, 2.75) is 39.7 Å². The van der Waals surface area contributed by atoms with Crippen LogP contribution in [0.25, 0.3) is 0 Å². The lowest BCUT2D eigenvalue weighted by Gasteiger charge is -2.12. The highest BCUT2D eigenvalue weighted by atomic mass is 16.5. The van der Waals surface area contributed by atoms with Crippen LogP contribution in [0.3, 0.4) is 0 Å². The van der Waals surface area contributed by atoms with E-state index in [1.165, 1.54) is 0 Å². The summed E-state index contributed by atoms with van der Waals surface area (Å²) in [4.78, 5) is 26.7. The third-order valence-corrected chi connectivity index (χ3v) is 2.35. The van der Waals surface area contributed by atoms with E-state index < -0.39 is 0 Å². The number of nitrogens with one attached hydrogen (secondary N) is 2. The Kier molecular flexibility index (Phi) is 5.29. The maximum absolute atomic E-state index is 11.6. The molecule has 0 spiro atoms. The molecule has 7 heteroatoms. The number of aryl methyl sites for hydroxylation is 1. The van der Waals surface area contributed by atoms with Gasteiger partial charge in [-0.15, -0.1) is 0 Å². The lowest BCUT2D eigenvalue weighted by molar-refractivity contribution is -0.126. The Morgan fingerprint density at radius 2 is 2.06 bits per heavy atom. The van der Waals surface area contributed by atoms with Crippen LogP contribution in [0.4, 0.5) is 0 Å². The van der Waals surface area contributed by atoms with Crippen LogP contribution in [-0.2, 0) is 9.59 Å². The van der Waals surface area contributed by atoms with Crippen LogP contribution < -0.4 is 10.6 Å². The van der Waals surface area contributed by atoms with Gasteiger partial charge in [-0.1, -0.05) is 19.0 Å². The van der Waals surface area contributed by atoms with E-state index in [9.17, 15) is 9.59 Å².